The number of aryl methyl sites for hydroxylation is 1. The quantitative estimate of drug-likeness (QED) is 0.660. The summed E-state index contributed by atoms with van der Waals surface area (Å²) in [5.41, 5.74) is 3.35. The largest absolute Gasteiger partial charge is 0.493 e. The normalized spacial score (nSPS) is 20.0. The van der Waals surface area contributed by atoms with Crippen molar-refractivity contribution in [2.75, 3.05) is 43.8 Å². The molecule has 158 valence electrons. The molecule has 0 spiro atoms. The summed E-state index contributed by atoms with van der Waals surface area (Å²) in [5, 5.41) is 0. The summed E-state index contributed by atoms with van der Waals surface area (Å²) in [6, 6.07) is 16.0. The van der Waals surface area contributed by atoms with E-state index in [-0.39, 0.29) is 0 Å². The molecule has 2 atom stereocenters. The second kappa shape index (κ2) is 9.18. The summed E-state index contributed by atoms with van der Waals surface area (Å²) in [6.07, 6.45) is 2.28. The number of ether oxygens (including phenoxy) is 1. The van der Waals surface area contributed by atoms with Crippen LogP contribution in [0.4, 0.5) is 5.69 Å². The summed E-state index contributed by atoms with van der Waals surface area (Å²) < 4.78 is 30.5. The predicted octanol–water partition coefficient (Wildman–Crippen LogP) is 3.58. The smallest absolute Gasteiger partial charge is 0.231 e. The molecule has 2 aromatic rings. The van der Waals surface area contributed by atoms with E-state index >= 15 is 0 Å². The lowest BCUT2D eigenvalue weighted by Gasteiger charge is -2.18. The van der Waals surface area contributed by atoms with Gasteiger partial charge in [-0.25, -0.2) is 8.42 Å². The van der Waals surface area contributed by atoms with E-state index in [1.54, 1.807) is 19.2 Å². The molecule has 0 radical (unpaired) electrons. The fourth-order valence-electron chi connectivity index (χ4n) is 3.84. The van der Waals surface area contributed by atoms with Crippen LogP contribution >= 0.6 is 0 Å². The van der Waals surface area contributed by atoms with Crippen molar-refractivity contribution in [1.29, 1.82) is 0 Å². The van der Waals surface area contributed by atoms with Crippen LogP contribution in [-0.4, -0.2) is 52.9 Å². The molecule has 1 saturated heterocycles. The third kappa shape index (κ3) is 5.97. The van der Waals surface area contributed by atoms with Crippen molar-refractivity contribution in [3.63, 3.8) is 0 Å². The molecule has 0 amide bonds. The zero-order chi connectivity index (χ0) is 21.0. The lowest BCUT2D eigenvalue weighted by molar-refractivity contribution is 0.225. The van der Waals surface area contributed by atoms with Crippen molar-refractivity contribution in [1.82, 2.24) is 4.90 Å². The molecule has 2 aromatic carbocycles. The van der Waals surface area contributed by atoms with Gasteiger partial charge in [0, 0.05) is 32.6 Å². The highest BCUT2D eigenvalue weighted by Gasteiger charge is 2.29. The third-order valence-electron chi connectivity index (χ3n) is 5.80. The number of hydrogen-bond acceptors (Lipinski definition) is 4. The van der Waals surface area contributed by atoms with E-state index in [2.05, 4.69) is 43.0 Å². The molecule has 29 heavy (non-hydrogen) atoms. The van der Waals surface area contributed by atoms with E-state index in [1.165, 1.54) is 21.7 Å². The van der Waals surface area contributed by atoms with Gasteiger partial charge in [0.2, 0.25) is 10.0 Å². The predicted molar refractivity (Wildman–Crippen MR) is 119 cm³/mol. The van der Waals surface area contributed by atoms with Gasteiger partial charge in [-0.05, 0) is 49.1 Å². The van der Waals surface area contributed by atoms with Crippen molar-refractivity contribution >= 4 is 15.7 Å². The van der Waals surface area contributed by atoms with Crippen LogP contribution in [-0.2, 0) is 16.4 Å². The molecule has 0 bridgehead atoms. The zero-order valence-electron chi connectivity index (χ0n) is 17.8. The van der Waals surface area contributed by atoms with Gasteiger partial charge in [0.15, 0.2) is 0 Å². The Morgan fingerprint density at radius 1 is 1.14 bits per heavy atom. The molecule has 0 saturated carbocycles. The first-order valence-corrected chi connectivity index (χ1v) is 12.0. The topological polar surface area (TPSA) is 49.9 Å². The summed E-state index contributed by atoms with van der Waals surface area (Å²) in [4.78, 5) is 2.53. The van der Waals surface area contributed by atoms with Crippen molar-refractivity contribution < 1.29 is 13.2 Å². The molecule has 0 unspecified atom stereocenters. The maximum Gasteiger partial charge on any atom is 0.231 e. The number of anilines is 1. The summed E-state index contributed by atoms with van der Waals surface area (Å²) in [5.74, 6) is 1.88. The van der Waals surface area contributed by atoms with E-state index in [0.717, 1.165) is 31.8 Å². The Morgan fingerprint density at radius 2 is 1.86 bits per heavy atom. The van der Waals surface area contributed by atoms with Crippen molar-refractivity contribution in [3.8, 4) is 5.75 Å². The van der Waals surface area contributed by atoms with Crippen LogP contribution in [0.15, 0.2) is 48.5 Å². The monoisotopic (exact) mass is 416 g/mol. The van der Waals surface area contributed by atoms with E-state index in [1.807, 2.05) is 12.1 Å². The number of benzene rings is 2. The molecule has 0 N–H and O–H groups in total. The standard InChI is InChI=1S/C23H32N2O3S/c1-18-6-5-7-20(14-18)12-13-25-15-19(2)21(16-25)17-28-23-10-8-22(9-11-23)24(3)29(4,26)27/h5-11,14,19,21H,12-13,15-17H2,1-4H3/t19-,21+/m1/s1. The van der Waals surface area contributed by atoms with Crippen molar-refractivity contribution in [3.05, 3.63) is 59.7 Å². The van der Waals surface area contributed by atoms with E-state index in [4.69, 9.17) is 4.74 Å². The molecule has 1 aliphatic rings. The number of hydrogen-bond donors (Lipinski definition) is 0. The molecular formula is C23H32N2O3S. The summed E-state index contributed by atoms with van der Waals surface area (Å²) in [6.45, 7) is 8.37. The highest BCUT2D eigenvalue weighted by Crippen LogP contribution is 2.26. The fourth-order valence-corrected chi connectivity index (χ4v) is 4.35. The van der Waals surface area contributed by atoms with Gasteiger partial charge in [0.1, 0.15) is 5.75 Å². The molecule has 6 heteroatoms. The molecule has 1 aliphatic heterocycles. The molecular weight excluding hydrogens is 384 g/mol. The first kappa shape index (κ1) is 21.7. The van der Waals surface area contributed by atoms with Crippen LogP contribution in [0.3, 0.4) is 0 Å². The van der Waals surface area contributed by atoms with Crippen molar-refractivity contribution in [2.45, 2.75) is 20.3 Å². The summed E-state index contributed by atoms with van der Waals surface area (Å²) in [7, 11) is -1.70. The SMILES string of the molecule is Cc1cccc(CCN2C[C@@H](COc3ccc(N(C)S(C)(=O)=O)cc3)[C@H](C)C2)c1. The Hall–Kier alpha value is -2.05. The van der Waals surface area contributed by atoms with Crippen LogP contribution in [0.2, 0.25) is 0 Å². The van der Waals surface area contributed by atoms with E-state index in [0.29, 0.717) is 24.1 Å². The molecule has 5 nitrogen and oxygen atoms in total. The van der Waals surface area contributed by atoms with Gasteiger partial charge in [-0.15, -0.1) is 0 Å². The lowest BCUT2D eigenvalue weighted by Crippen LogP contribution is -2.25. The van der Waals surface area contributed by atoms with Crippen LogP contribution in [0, 0.1) is 18.8 Å². The fraction of sp³-hybridized carbons (Fsp3) is 0.478. The van der Waals surface area contributed by atoms with Crippen LogP contribution in [0.25, 0.3) is 0 Å². The Balaban J connectivity index is 1.48. The van der Waals surface area contributed by atoms with E-state index in [9.17, 15) is 8.42 Å². The second-order valence-corrected chi connectivity index (χ2v) is 10.3. The van der Waals surface area contributed by atoms with Gasteiger partial charge in [-0.1, -0.05) is 36.8 Å². The Bertz CT molecular complexity index is 912. The second-order valence-electron chi connectivity index (χ2n) is 8.27. The number of likely N-dealkylation sites (tertiary alicyclic amines) is 1. The molecule has 0 aliphatic carbocycles. The highest BCUT2D eigenvalue weighted by atomic mass is 32.2. The average Bonchev–Trinajstić information content (AvgIpc) is 3.03. The van der Waals surface area contributed by atoms with Gasteiger partial charge in [0.25, 0.3) is 0 Å². The number of sulfonamides is 1. The molecule has 3 rings (SSSR count). The molecule has 0 aromatic heterocycles. The molecule has 1 heterocycles. The van der Waals surface area contributed by atoms with Gasteiger partial charge in [-0.2, -0.15) is 0 Å². The highest BCUT2D eigenvalue weighted by molar-refractivity contribution is 7.92. The zero-order valence-corrected chi connectivity index (χ0v) is 18.7. The van der Waals surface area contributed by atoms with Crippen LogP contribution in [0.5, 0.6) is 5.75 Å². The van der Waals surface area contributed by atoms with E-state index < -0.39 is 10.0 Å². The first-order valence-electron chi connectivity index (χ1n) is 10.2. The lowest BCUT2D eigenvalue weighted by atomic mass is 9.99. The minimum atomic E-state index is -3.25. The maximum absolute atomic E-state index is 11.6. The first-order chi connectivity index (χ1) is 13.7. The number of rotatable bonds is 8. The minimum absolute atomic E-state index is 0.505. The molecule has 1 fully saturated rings. The van der Waals surface area contributed by atoms with Crippen LogP contribution < -0.4 is 9.04 Å². The Labute approximate surface area is 175 Å². The van der Waals surface area contributed by atoms with Gasteiger partial charge < -0.3 is 9.64 Å². The summed E-state index contributed by atoms with van der Waals surface area (Å²) >= 11 is 0. The van der Waals surface area contributed by atoms with Crippen LogP contribution in [0.1, 0.15) is 18.1 Å². The Morgan fingerprint density at radius 3 is 2.52 bits per heavy atom. The average molecular weight is 417 g/mol. The Kier molecular flexibility index (Phi) is 6.85. The maximum atomic E-state index is 11.6. The van der Waals surface area contributed by atoms with Gasteiger partial charge in [-0.3, -0.25) is 4.31 Å². The third-order valence-corrected chi connectivity index (χ3v) is 7.01. The van der Waals surface area contributed by atoms with Gasteiger partial charge in [0.05, 0.1) is 18.6 Å². The minimum Gasteiger partial charge on any atom is -0.493 e. The van der Waals surface area contributed by atoms with Gasteiger partial charge >= 0.3 is 0 Å². The van der Waals surface area contributed by atoms with Crippen molar-refractivity contribution in [2.24, 2.45) is 11.8 Å². The number of nitrogens with zero attached hydrogens (tertiary/aromatic N) is 2.